The van der Waals surface area contributed by atoms with Crippen LogP contribution in [0.2, 0.25) is 0 Å². The number of hydrogen-bond acceptors (Lipinski definition) is 4. The Morgan fingerprint density at radius 3 is 2.48 bits per heavy atom. The first kappa shape index (κ1) is 21.4. The fourth-order valence-corrected chi connectivity index (χ4v) is 4.08. The maximum absolute atomic E-state index is 13.5. The van der Waals surface area contributed by atoms with E-state index >= 15 is 0 Å². The van der Waals surface area contributed by atoms with Crippen molar-refractivity contribution >= 4 is 21.1 Å². The Labute approximate surface area is 169 Å². The van der Waals surface area contributed by atoms with Crippen LogP contribution in [0.1, 0.15) is 31.3 Å². The summed E-state index contributed by atoms with van der Waals surface area (Å²) >= 11 is 0. The van der Waals surface area contributed by atoms with Crippen LogP contribution < -0.4 is 5.32 Å². The molecule has 29 heavy (non-hydrogen) atoms. The van der Waals surface area contributed by atoms with Crippen molar-refractivity contribution in [1.82, 2.24) is 19.2 Å². The highest BCUT2D eigenvalue weighted by Crippen LogP contribution is 2.23. The lowest BCUT2D eigenvalue weighted by Crippen LogP contribution is -2.22. The number of fused-ring (bicyclic) bond motifs is 1. The minimum atomic E-state index is -3.55. The molecule has 0 fully saturated rings. The van der Waals surface area contributed by atoms with Crippen LogP contribution in [0.4, 0.5) is 8.78 Å². The van der Waals surface area contributed by atoms with Gasteiger partial charge in [0.2, 0.25) is 10.0 Å². The van der Waals surface area contributed by atoms with Crippen LogP contribution in [0.15, 0.2) is 41.3 Å². The van der Waals surface area contributed by atoms with E-state index in [-0.39, 0.29) is 10.9 Å². The van der Waals surface area contributed by atoms with Gasteiger partial charge in [0.05, 0.1) is 22.5 Å². The first-order valence-electron chi connectivity index (χ1n) is 9.25. The van der Waals surface area contributed by atoms with E-state index in [9.17, 15) is 17.2 Å². The third kappa shape index (κ3) is 4.17. The molecule has 0 saturated carbocycles. The van der Waals surface area contributed by atoms with Crippen LogP contribution in [0, 0.1) is 11.6 Å². The number of rotatable bonds is 7. The molecule has 3 rings (SSSR count). The van der Waals surface area contributed by atoms with Crippen molar-refractivity contribution in [2.45, 2.75) is 37.9 Å². The van der Waals surface area contributed by atoms with E-state index in [0.717, 1.165) is 21.7 Å². The Morgan fingerprint density at radius 1 is 1.14 bits per heavy atom. The first-order valence-corrected chi connectivity index (χ1v) is 10.7. The number of aryl methyl sites for hydroxylation is 1. The van der Waals surface area contributed by atoms with E-state index < -0.39 is 21.7 Å². The number of nitrogens with zero attached hydrogens (tertiary/aromatic N) is 3. The topological polar surface area (TPSA) is 67.2 Å². The van der Waals surface area contributed by atoms with Crippen LogP contribution >= 0.6 is 0 Å². The van der Waals surface area contributed by atoms with E-state index in [0.29, 0.717) is 24.2 Å². The fraction of sp³-hybridized carbons (Fsp3) is 0.350. The third-order valence-electron chi connectivity index (χ3n) is 4.90. The van der Waals surface area contributed by atoms with E-state index in [1.54, 1.807) is 18.2 Å². The van der Waals surface area contributed by atoms with Gasteiger partial charge in [0.1, 0.15) is 5.82 Å². The second-order valence-electron chi connectivity index (χ2n) is 6.99. The van der Waals surface area contributed by atoms with Crippen molar-refractivity contribution in [3.63, 3.8) is 0 Å². The van der Waals surface area contributed by atoms with Crippen LogP contribution in [-0.2, 0) is 23.1 Å². The maximum Gasteiger partial charge on any atom is 0.242 e. The maximum atomic E-state index is 13.5. The number of aromatic nitrogens is 2. The molecule has 2 aromatic carbocycles. The monoisotopic (exact) mass is 422 g/mol. The molecular formula is C20H24F2N4O2S. The van der Waals surface area contributed by atoms with Gasteiger partial charge in [-0.1, -0.05) is 6.07 Å². The summed E-state index contributed by atoms with van der Waals surface area (Å²) in [6.07, 6.45) is 0. The number of nitrogens with one attached hydrogen (secondary N) is 1. The number of hydrogen-bond donors (Lipinski definition) is 1. The Balaban J connectivity index is 1.88. The number of benzene rings is 2. The lowest BCUT2D eigenvalue weighted by atomic mass is 10.1. The van der Waals surface area contributed by atoms with Gasteiger partial charge in [-0.25, -0.2) is 26.5 Å². The van der Waals surface area contributed by atoms with Gasteiger partial charge < -0.3 is 9.88 Å². The second kappa shape index (κ2) is 8.17. The van der Waals surface area contributed by atoms with Crippen molar-refractivity contribution in [1.29, 1.82) is 0 Å². The van der Waals surface area contributed by atoms with Crippen molar-refractivity contribution in [3.05, 3.63) is 59.4 Å². The van der Waals surface area contributed by atoms with Crippen LogP contribution in [0.5, 0.6) is 0 Å². The molecule has 1 atom stereocenters. The van der Waals surface area contributed by atoms with Gasteiger partial charge in [0.25, 0.3) is 0 Å². The molecule has 6 nitrogen and oxygen atoms in total. The Kier molecular flexibility index (Phi) is 6.02. The van der Waals surface area contributed by atoms with Crippen molar-refractivity contribution in [2.75, 3.05) is 14.1 Å². The van der Waals surface area contributed by atoms with Gasteiger partial charge in [-0.05, 0) is 49.7 Å². The quantitative estimate of drug-likeness (QED) is 0.634. The second-order valence-corrected chi connectivity index (χ2v) is 9.14. The molecule has 0 unspecified atom stereocenters. The summed E-state index contributed by atoms with van der Waals surface area (Å²) in [6.45, 7) is 4.88. The predicted molar refractivity (Wildman–Crippen MR) is 108 cm³/mol. The standard InChI is InChI=1S/C20H24F2N4O2S/c1-5-26-19-9-7-15(29(27,28)25(3)4)11-18(19)24-20(26)12-23-13(2)14-6-8-16(21)17(22)10-14/h6-11,13,23H,5,12H2,1-4H3/t13-/m1/s1. The Hall–Kier alpha value is -2.36. The number of halogens is 2. The van der Waals surface area contributed by atoms with Gasteiger partial charge in [-0.15, -0.1) is 0 Å². The molecule has 3 aromatic rings. The van der Waals surface area contributed by atoms with E-state index in [4.69, 9.17) is 0 Å². The van der Waals surface area contributed by atoms with Crippen LogP contribution in [-0.4, -0.2) is 36.4 Å². The van der Waals surface area contributed by atoms with Crippen molar-refractivity contribution in [3.8, 4) is 0 Å². The summed E-state index contributed by atoms with van der Waals surface area (Å²) in [5, 5.41) is 3.26. The molecule has 0 bridgehead atoms. The summed E-state index contributed by atoms with van der Waals surface area (Å²) in [5.41, 5.74) is 2.05. The van der Waals surface area contributed by atoms with Gasteiger partial charge >= 0.3 is 0 Å². The molecule has 0 aliphatic rings. The van der Waals surface area contributed by atoms with Gasteiger partial charge in [-0.3, -0.25) is 0 Å². The van der Waals surface area contributed by atoms with E-state index in [1.807, 2.05) is 18.4 Å². The lowest BCUT2D eigenvalue weighted by Gasteiger charge is -2.15. The molecule has 0 saturated heterocycles. The largest absolute Gasteiger partial charge is 0.327 e. The zero-order chi connectivity index (χ0) is 21.3. The highest BCUT2D eigenvalue weighted by Gasteiger charge is 2.20. The highest BCUT2D eigenvalue weighted by molar-refractivity contribution is 7.89. The molecule has 1 heterocycles. The number of imidazole rings is 1. The zero-order valence-corrected chi connectivity index (χ0v) is 17.6. The normalized spacial score (nSPS) is 13.3. The highest BCUT2D eigenvalue weighted by atomic mass is 32.2. The molecular weight excluding hydrogens is 398 g/mol. The summed E-state index contributed by atoms with van der Waals surface area (Å²) in [5.74, 6) is -1.03. The molecule has 156 valence electrons. The molecule has 9 heteroatoms. The summed E-state index contributed by atoms with van der Waals surface area (Å²) < 4.78 is 54.5. The van der Waals surface area contributed by atoms with Crippen LogP contribution in [0.25, 0.3) is 11.0 Å². The minimum Gasteiger partial charge on any atom is -0.327 e. The zero-order valence-electron chi connectivity index (χ0n) is 16.8. The average molecular weight is 423 g/mol. The molecule has 0 amide bonds. The Morgan fingerprint density at radius 2 is 1.86 bits per heavy atom. The number of sulfonamides is 1. The van der Waals surface area contributed by atoms with E-state index in [2.05, 4.69) is 10.3 Å². The smallest absolute Gasteiger partial charge is 0.242 e. The Bertz CT molecular complexity index is 1140. The summed E-state index contributed by atoms with van der Waals surface area (Å²) in [6, 6.07) is 8.50. The molecule has 1 aromatic heterocycles. The van der Waals surface area contributed by atoms with Gasteiger partial charge in [-0.2, -0.15) is 0 Å². The first-order chi connectivity index (χ1) is 13.6. The average Bonchev–Trinajstić information content (AvgIpc) is 3.04. The summed E-state index contributed by atoms with van der Waals surface area (Å²) in [4.78, 5) is 4.78. The molecule has 0 spiro atoms. The lowest BCUT2D eigenvalue weighted by molar-refractivity contribution is 0.498. The van der Waals surface area contributed by atoms with Gasteiger partial charge in [0, 0.05) is 26.7 Å². The van der Waals surface area contributed by atoms with Crippen molar-refractivity contribution < 1.29 is 17.2 Å². The predicted octanol–water partition coefficient (Wildman–Crippen LogP) is 3.44. The minimum absolute atomic E-state index is 0.186. The third-order valence-corrected chi connectivity index (χ3v) is 6.71. The van der Waals surface area contributed by atoms with Crippen molar-refractivity contribution in [2.24, 2.45) is 0 Å². The van der Waals surface area contributed by atoms with E-state index in [1.165, 1.54) is 26.2 Å². The van der Waals surface area contributed by atoms with Crippen LogP contribution in [0.3, 0.4) is 0 Å². The molecule has 0 radical (unpaired) electrons. The molecule has 0 aliphatic carbocycles. The fourth-order valence-electron chi connectivity index (χ4n) is 3.16. The van der Waals surface area contributed by atoms with Gasteiger partial charge in [0.15, 0.2) is 11.6 Å². The molecule has 0 aliphatic heterocycles. The SMILES string of the molecule is CCn1c(CN[C@H](C)c2ccc(F)c(F)c2)nc2cc(S(=O)(=O)N(C)C)ccc21. The summed E-state index contributed by atoms with van der Waals surface area (Å²) in [7, 11) is -0.575. The molecule has 1 N–H and O–H groups in total.